The minimum absolute atomic E-state index is 0.0220. The zero-order chi connectivity index (χ0) is 21.7. The molecular weight excluding hydrogens is 386 g/mol. The van der Waals surface area contributed by atoms with Crippen LogP contribution in [0.3, 0.4) is 0 Å². The van der Waals surface area contributed by atoms with E-state index in [9.17, 15) is 14.4 Å². The van der Waals surface area contributed by atoms with E-state index in [2.05, 4.69) is 15.2 Å². The predicted molar refractivity (Wildman–Crippen MR) is 110 cm³/mol. The Kier molecular flexibility index (Phi) is 7.10. The van der Waals surface area contributed by atoms with E-state index >= 15 is 0 Å². The lowest BCUT2D eigenvalue weighted by molar-refractivity contribution is -0.126. The SMILES string of the molecule is CCOC(=O)c1[nH]c(C)c(C(=O)CN2CCC(C(=O)NCc3ccco3)CC2)c1C. The molecule has 1 saturated heterocycles. The van der Waals surface area contributed by atoms with Gasteiger partial charge in [-0.05, 0) is 64.4 Å². The van der Waals surface area contributed by atoms with Crippen molar-refractivity contribution in [3.05, 3.63) is 46.7 Å². The Labute approximate surface area is 176 Å². The molecule has 0 radical (unpaired) electrons. The third-order valence-corrected chi connectivity index (χ3v) is 5.54. The van der Waals surface area contributed by atoms with Crippen LogP contribution in [0.2, 0.25) is 0 Å². The molecule has 8 heteroatoms. The van der Waals surface area contributed by atoms with Gasteiger partial charge in [0.2, 0.25) is 5.91 Å². The van der Waals surface area contributed by atoms with Crippen molar-refractivity contribution >= 4 is 17.7 Å². The first-order chi connectivity index (χ1) is 14.4. The van der Waals surface area contributed by atoms with Crippen molar-refractivity contribution in [2.24, 2.45) is 5.92 Å². The lowest BCUT2D eigenvalue weighted by Gasteiger charge is -2.30. The van der Waals surface area contributed by atoms with E-state index in [0.717, 1.165) is 5.76 Å². The van der Waals surface area contributed by atoms with Gasteiger partial charge in [-0.15, -0.1) is 0 Å². The highest BCUT2D eigenvalue weighted by atomic mass is 16.5. The number of nitrogens with zero attached hydrogens (tertiary/aromatic N) is 1. The molecule has 1 aliphatic rings. The zero-order valence-corrected chi connectivity index (χ0v) is 17.7. The number of amides is 1. The summed E-state index contributed by atoms with van der Waals surface area (Å²) in [4.78, 5) is 42.4. The number of ketones is 1. The van der Waals surface area contributed by atoms with Crippen LogP contribution in [-0.4, -0.2) is 53.8 Å². The zero-order valence-electron chi connectivity index (χ0n) is 17.7. The van der Waals surface area contributed by atoms with Crippen LogP contribution >= 0.6 is 0 Å². The second kappa shape index (κ2) is 9.75. The molecule has 1 amide bonds. The number of aromatic amines is 1. The molecule has 2 N–H and O–H groups in total. The number of ether oxygens (including phenoxy) is 1. The van der Waals surface area contributed by atoms with Crippen molar-refractivity contribution in [1.29, 1.82) is 0 Å². The minimum Gasteiger partial charge on any atom is -0.467 e. The number of likely N-dealkylation sites (tertiary alicyclic amines) is 1. The fraction of sp³-hybridized carbons (Fsp3) is 0.500. The molecular formula is C22H29N3O5. The molecule has 2 aromatic heterocycles. The maximum absolute atomic E-state index is 12.9. The second-order valence-electron chi connectivity index (χ2n) is 7.62. The Balaban J connectivity index is 1.52. The number of piperidine rings is 1. The summed E-state index contributed by atoms with van der Waals surface area (Å²) in [6, 6.07) is 3.62. The summed E-state index contributed by atoms with van der Waals surface area (Å²) < 4.78 is 10.3. The Morgan fingerprint density at radius 1 is 1.27 bits per heavy atom. The Morgan fingerprint density at radius 2 is 2.00 bits per heavy atom. The standard InChI is InChI=1S/C22H29N3O5/c1-4-29-22(28)20-14(2)19(15(3)24-20)18(26)13-25-9-7-16(8-10-25)21(27)23-12-17-6-5-11-30-17/h5-6,11,16,24H,4,7-10,12-13H2,1-3H3,(H,23,27). The van der Waals surface area contributed by atoms with Crippen LogP contribution in [0.25, 0.3) is 0 Å². The molecule has 1 fully saturated rings. The maximum atomic E-state index is 12.9. The largest absolute Gasteiger partial charge is 0.467 e. The van der Waals surface area contributed by atoms with Gasteiger partial charge in [0.1, 0.15) is 11.5 Å². The molecule has 30 heavy (non-hydrogen) atoms. The molecule has 0 bridgehead atoms. The number of hydrogen-bond acceptors (Lipinski definition) is 6. The highest BCUT2D eigenvalue weighted by Gasteiger charge is 2.28. The maximum Gasteiger partial charge on any atom is 0.355 e. The molecule has 0 atom stereocenters. The van der Waals surface area contributed by atoms with Gasteiger partial charge in [0.15, 0.2) is 5.78 Å². The van der Waals surface area contributed by atoms with E-state index in [4.69, 9.17) is 9.15 Å². The monoisotopic (exact) mass is 415 g/mol. The van der Waals surface area contributed by atoms with Crippen LogP contribution in [-0.2, 0) is 16.1 Å². The van der Waals surface area contributed by atoms with E-state index in [1.807, 2.05) is 6.07 Å². The molecule has 8 nitrogen and oxygen atoms in total. The normalized spacial score (nSPS) is 15.2. The number of rotatable bonds is 8. The Morgan fingerprint density at radius 3 is 2.63 bits per heavy atom. The molecule has 3 heterocycles. The van der Waals surface area contributed by atoms with Gasteiger partial charge < -0.3 is 19.5 Å². The van der Waals surface area contributed by atoms with Gasteiger partial charge in [-0.25, -0.2) is 4.79 Å². The highest BCUT2D eigenvalue weighted by molar-refractivity contribution is 6.03. The van der Waals surface area contributed by atoms with Gasteiger partial charge >= 0.3 is 5.97 Å². The second-order valence-corrected chi connectivity index (χ2v) is 7.62. The van der Waals surface area contributed by atoms with Gasteiger partial charge in [0.05, 0.1) is 26.0 Å². The smallest absolute Gasteiger partial charge is 0.355 e. The molecule has 0 spiro atoms. The minimum atomic E-state index is -0.446. The summed E-state index contributed by atoms with van der Waals surface area (Å²) >= 11 is 0. The summed E-state index contributed by atoms with van der Waals surface area (Å²) in [6.45, 7) is 7.59. The number of furan rings is 1. The Bertz CT molecular complexity index is 892. The Hall–Kier alpha value is -2.87. The number of nitrogens with one attached hydrogen (secondary N) is 2. The molecule has 0 saturated carbocycles. The van der Waals surface area contributed by atoms with Crippen LogP contribution in [0.1, 0.15) is 57.6 Å². The van der Waals surface area contributed by atoms with Gasteiger partial charge in [0, 0.05) is 17.2 Å². The van der Waals surface area contributed by atoms with Crippen molar-refractivity contribution in [3.63, 3.8) is 0 Å². The predicted octanol–water partition coefficient (Wildman–Crippen LogP) is 2.61. The molecule has 2 aromatic rings. The van der Waals surface area contributed by atoms with Crippen molar-refractivity contribution in [3.8, 4) is 0 Å². The van der Waals surface area contributed by atoms with Gasteiger partial charge in [0.25, 0.3) is 0 Å². The van der Waals surface area contributed by atoms with Gasteiger partial charge in [-0.1, -0.05) is 0 Å². The number of aromatic nitrogens is 1. The molecule has 3 rings (SSSR count). The fourth-order valence-corrected chi connectivity index (χ4v) is 3.94. The van der Waals surface area contributed by atoms with Crippen LogP contribution in [0.15, 0.2) is 22.8 Å². The van der Waals surface area contributed by atoms with Crippen LogP contribution in [0.4, 0.5) is 0 Å². The van der Waals surface area contributed by atoms with Crippen LogP contribution in [0.5, 0.6) is 0 Å². The first-order valence-electron chi connectivity index (χ1n) is 10.3. The number of H-pyrrole nitrogens is 1. The number of carbonyl (C=O) groups is 3. The van der Waals surface area contributed by atoms with Crippen LogP contribution < -0.4 is 5.32 Å². The number of esters is 1. The summed E-state index contributed by atoms with van der Waals surface area (Å²) in [7, 11) is 0. The lowest BCUT2D eigenvalue weighted by atomic mass is 9.95. The number of Topliss-reactive ketones (excluding diaryl/α,β-unsaturated/α-hetero) is 1. The van der Waals surface area contributed by atoms with E-state index in [1.54, 1.807) is 33.1 Å². The summed E-state index contributed by atoms with van der Waals surface area (Å²) in [5, 5.41) is 2.91. The molecule has 1 aliphatic heterocycles. The quantitative estimate of drug-likeness (QED) is 0.507. The summed E-state index contributed by atoms with van der Waals surface area (Å²) in [6.07, 6.45) is 2.99. The summed E-state index contributed by atoms with van der Waals surface area (Å²) in [5.74, 6) is 0.216. The third-order valence-electron chi connectivity index (χ3n) is 5.54. The van der Waals surface area contributed by atoms with Crippen molar-refractivity contribution in [2.75, 3.05) is 26.2 Å². The first-order valence-corrected chi connectivity index (χ1v) is 10.3. The summed E-state index contributed by atoms with van der Waals surface area (Å²) in [5.41, 5.74) is 2.19. The van der Waals surface area contributed by atoms with E-state index in [0.29, 0.717) is 55.0 Å². The van der Waals surface area contributed by atoms with Gasteiger partial charge in [-0.2, -0.15) is 0 Å². The first kappa shape index (κ1) is 21.8. The van der Waals surface area contributed by atoms with Crippen LogP contribution in [0, 0.1) is 19.8 Å². The highest BCUT2D eigenvalue weighted by Crippen LogP contribution is 2.22. The molecule has 162 valence electrons. The molecule has 0 aliphatic carbocycles. The average Bonchev–Trinajstić information content (AvgIpc) is 3.34. The number of carbonyl (C=O) groups excluding carboxylic acids is 3. The third kappa shape index (κ3) is 4.99. The van der Waals surface area contributed by atoms with E-state index < -0.39 is 5.97 Å². The molecule has 0 aromatic carbocycles. The number of aryl methyl sites for hydroxylation is 1. The lowest BCUT2D eigenvalue weighted by Crippen LogP contribution is -2.42. The topological polar surface area (TPSA) is 105 Å². The average molecular weight is 415 g/mol. The van der Waals surface area contributed by atoms with E-state index in [1.165, 1.54) is 0 Å². The number of hydrogen-bond donors (Lipinski definition) is 2. The van der Waals surface area contributed by atoms with Gasteiger partial charge in [-0.3, -0.25) is 14.5 Å². The fourth-order valence-electron chi connectivity index (χ4n) is 3.94. The molecule has 0 unspecified atom stereocenters. The van der Waals surface area contributed by atoms with Crippen molar-refractivity contribution in [2.45, 2.75) is 40.2 Å². The van der Waals surface area contributed by atoms with Crippen molar-refractivity contribution < 1.29 is 23.5 Å². The van der Waals surface area contributed by atoms with E-state index in [-0.39, 0.29) is 30.8 Å². The van der Waals surface area contributed by atoms with Crippen molar-refractivity contribution in [1.82, 2.24) is 15.2 Å².